The molecule has 2 heterocycles. The highest BCUT2D eigenvalue weighted by atomic mass is 32.1. The first-order valence-electron chi connectivity index (χ1n) is 7.56. The lowest BCUT2D eigenvalue weighted by molar-refractivity contribution is -0.384. The van der Waals surface area contributed by atoms with Gasteiger partial charge in [0.2, 0.25) is 0 Å². The first-order chi connectivity index (χ1) is 12.6. The summed E-state index contributed by atoms with van der Waals surface area (Å²) in [4.78, 5) is 10.2. The van der Waals surface area contributed by atoms with E-state index in [0.29, 0.717) is 23.2 Å². The van der Waals surface area contributed by atoms with Gasteiger partial charge in [-0.25, -0.2) is 0 Å². The molecule has 0 aliphatic rings. The summed E-state index contributed by atoms with van der Waals surface area (Å²) in [6.07, 6.45) is 3.07. The van der Waals surface area contributed by atoms with Crippen LogP contribution in [0.15, 0.2) is 68.7 Å². The third-order valence-electron chi connectivity index (χ3n) is 3.35. The lowest BCUT2D eigenvalue weighted by Crippen LogP contribution is -2.31. The molecule has 3 aromatic rings. The van der Waals surface area contributed by atoms with Gasteiger partial charge in [-0.1, -0.05) is 0 Å². The first-order valence-corrected chi connectivity index (χ1v) is 7.96. The van der Waals surface area contributed by atoms with Gasteiger partial charge in [-0.15, -0.1) is 0 Å². The molecule has 132 valence electrons. The SMILES string of the molecule is O=[N+]([O-])c1ccc(-c2ccc(/C=N\NC(=S)NCc3ccco3)o2)cc1. The number of hydrogen-bond acceptors (Lipinski definition) is 6. The van der Waals surface area contributed by atoms with Crippen LogP contribution in [0.4, 0.5) is 5.69 Å². The van der Waals surface area contributed by atoms with Crippen molar-refractivity contribution >= 4 is 29.2 Å². The van der Waals surface area contributed by atoms with E-state index in [4.69, 9.17) is 21.1 Å². The molecule has 9 heteroatoms. The summed E-state index contributed by atoms with van der Waals surface area (Å²) in [7, 11) is 0. The summed E-state index contributed by atoms with van der Waals surface area (Å²) >= 11 is 5.09. The standard InChI is InChI=1S/C17H14N4O4S/c22-21(23)13-5-3-12(4-6-13)16-8-7-15(25-16)11-19-20-17(26)18-10-14-2-1-9-24-14/h1-9,11H,10H2,(H2,18,20,26)/b19-11-. The normalized spacial score (nSPS) is 10.8. The van der Waals surface area contributed by atoms with Gasteiger partial charge in [-0.05, 0) is 48.6 Å². The number of hydrogen-bond donors (Lipinski definition) is 2. The van der Waals surface area contributed by atoms with Crippen molar-refractivity contribution in [2.75, 3.05) is 0 Å². The third-order valence-corrected chi connectivity index (χ3v) is 3.59. The van der Waals surface area contributed by atoms with Crippen LogP contribution in [0.1, 0.15) is 11.5 Å². The fraction of sp³-hybridized carbons (Fsp3) is 0.0588. The summed E-state index contributed by atoms with van der Waals surface area (Å²) in [6, 6.07) is 13.2. The summed E-state index contributed by atoms with van der Waals surface area (Å²) in [5, 5.41) is 18.0. The number of nitrogens with zero attached hydrogens (tertiary/aromatic N) is 2. The van der Waals surface area contributed by atoms with Crippen molar-refractivity contribution in [1.29, 1.82) is 0 Å². The summed E-state index contributed by atoms with van der Waals surface area (Å²) in [5.74, 6) is 1.86. The smallest absolute Gasteiger partial charge is 0.269 e. The van der Waals surface area contributed by atoms with Gasteiger partial charge in [0.25, 0.3) is 5.69 Å². The van der Waals surface area contributed by atoms with Gasteiger partial charge in [0.05, 0.1) is 23.9 Å². The molecular weight excluding hydrogens is 356 g/mol. The summed E-state index contributed by atoms with van der Waals surface area (Å²) in [6.45, 7) is 0.458. The number of benzene rings is 1. The predicted octanol–water partition coefficient (Wildman–Crippen LogP) is 3.45. The van der Waals surface area contributed by atoms with Crippen LogP contribution in [0.3, 0.4) is 0 Å². The highest BCUT2D eigenvalue weighted by molar-refractivity contribution is 7.80. The van der Waals surface area contributed by atoms with E-state index in [0.717, 1.165) is 11.3 Å². The Morgan fingerprint density at radius 1 is 1.23 bits per heavy atom. The largest absolute Gasteiger partial charge is 0.467 e. The Morgan fingerprint density at radius 2 is 2.04 bits per heavy atom. The van der Waals surface area contributed by atoms with Crippen molar-refractivity contribution in [3.8, 4) is 11.3 Å². The Morgan fingerprint density at radius 3 is 2.73 bits per heavy atom. The summed E-state index contributed by atoms with van der Waals surface area (Å²) < 4.78 is 10.8. The molecule has 0 amide bonds. The number of nitrogens with one attached hydrogen (secondary N) is 2. The predicted molar refractivity (Wildman–Crippen MR) is 99.7 cm³/mol. The van der Waals surface area contributed by atoms with Crippen molar-refractivity contribution in [1.82, 2.24) is 10.7 Å². The van der Waals surface area contributed by atoms with E-state index < -0.39 is 4.92 Å². The molecule has 0 radical (unpaired) electrons. The molecule has 8 nitrogen and oxygen atoms in total. The Hall–Kier alpha value is -3.46. The van der Waals surface area contributed by atoms with E-state index in [9.17, 15) is 10.1 Å². The second-order valence-corrected chi connectivity index (χ2v) is 5.55. The van der Waals surface area contributed by atoms with Crippen LogP contribution in [-0.4, -0.2) is 16.3 Å². The molecule has 0 aliphatic heterocycles. The minimum Gasteiger partial charge on any atom is -0.467 e. The second kappa shape index (κ2) is 8.08. The van der Waals surface area contributed by atoms with E-state index in [1.165, 1.54) is 18.3 Å². The van der Waals surface area contributed by atoms with Crippen molar-refractivity contribution in [3.63, 3.8) is 0 Å². The first kappa shape index (κ1) is 17.4. The van der Waals surface area contributed by atoms with E-state index in [1.54, 1.807) is 36.6 Å². The van der Waals surface area contributed by atoms with Crippen LogP contribution in [-0.2, 0) is 6.54 Å². The van der Waals surface area contributed by atoms with Gasteiger partial charge in [0.15, 0.2) is 5.11 Å². The van der Waals surface area contributed by atoms with Crippen LogP contribution < -0.4 is 10.7 Å². The average molecular weight is 370 g/mol. The Bertz CT molecular complexity index is 917. The molecule has 0 saturated heterocycles. The Kier molecular flexibility index (Phi) is 5.40. The van der Waals surface area contributed by atoms with Gasteiger partial charge in [-0.3, -0.25) is 15.5 Å². The molecule has 0 saturated carbocycles. The highest BCUT2D eigenvalue weighted by Crippen LogP contribution is 2.23. The van der Waals surface area contributed by atoms with Crippen LogP contribution in [0.25, 0.3) is 11.3 Å². The molecular formula is C17H14N4O4S. The van der Waals surface area contributed by atoms with E-state index in [-0.39, 0.29) is 5.69 Å². The van der Waals surface area contributed by atoms with Crippen LogP contribution >= 0.6 is 12.2 Å². The molecule has 0 spiro atoms. The van der Waals surface area contributed by atoms with Crippen LogP contribution in [0.2, 0.25) is 0 Å². The zero-order chi connectivity index (χ0) is 18.4. The van der Waals surface area contributed by atoms with E-state index >= 15 is 0 Å². The number of nitro benzene ring substituents is 1. The summed E-state index contributed by atoms with van der Waals surface area (Å²) in [5.41, 5.74) is 3.44. The van der Waals surface area contributed by atoms with Crippen molar-refractivity contribution in [2.24, 2.45) is 5.10 Å². The molecule has 0 atom stereocenters. The minimum atomic E-state index is -0.446. The fourth-order valence-corrected chi connectivity index (χ4v) is 2.22. The zero-order valence-corrected chi connectivity index (χ0v) is 14.2. The quantitative estimate of drug-likeness (QED) is 0.296. The number of thiocarbonyl (C=S) groups is 1. The van der Waals surface area contributed by atoms with E-state index in [2.05, 4.69) is 15.8 Å². The van der Waals surface area contributed by atoms with Gasteiger partial charge in [-0.2, -0.15) is 5.10 Å². The highest BCUT2D eigenvalue weighted by Gasteiger charge is 2.08. The molecule has 3 rings (SSSR count). The molecule has 0 fully saturated rings. The second-order valence-electron chi connectivity index (χ2n) is 5.14. The van der Waals surface area contributed by atoms with E-state index in [1.807, 2.05) is 6.07 Å². The third kappa shape index (κ3) is 4.54. The van der Waals surface area contributed by atoms with Crippen molar-refractivity contribution in [3.05, 3.63) is 76.4 Å². The number of non-ortho nitro benzene ring substituents is 1. The van der Waals surface area contributed by atoms with Gasteiger partial charge in [0, 0.05) is 17.7 Å². The Balaban J connectivity index is 1.53. The lowest BCUT2D eigenvalue weighted by Gasteiger charge is -2.04. The van der Waals surface area contributed by atoms with Gasteiger partial charge < -0.3 is 14.2 Å². The number of rotatable bonds is 6. The number of furan rings is 2. The maximum Gasteiger partial charge on any atom is 0.269 e. The molecule has 26 heavy (non-hydrogen) atoms. The van der Waals surface area contributed by atoms with Crippen molar-refractivity contribution in [2.45, 2.75) is 6.54 Å². The minimum absolute atomic E-state index is 0.0295. The molecule has 2 aromatic heterocycles. The average Bonchev–Trinajstić information content (AvgIpc) is 3.32. The van der Waals surface area contributed by atoms with Crippen LogP contribution in [0.5, 0.6) is 0 Å². The molecule has 1 aromatic carbocycles. The van der Waals surface area contributed by atoms with Crippen molar-refractivity contribution < 1.29 is 13.8 Å². The number of nitro groups is 1. The fourth-order valence-electron chi connectivity index (χ4n) is 2.10. The van der Waals surface area contributed by atoms with Gasteiger partial charge in [0.1, 0.15) is 17.3 Å². The maximum atomic E-state index is 10.7. The Labute approximate surface area is 153 Å². The molecule has 0 bridgehead atoms. The topological polar surface area (TPSA) is 106 Å². The molecule has 2 N–H and O–H groups in total. The lowest BCUT2D eigenvalue weighted by atomic mass is 10.1. The maximum absolute atomic E-state index is 10.7. The van der Waals surface area contributed by atoms with Crippen LogP contribution in [0, 0.1) is 10.1 Å². The monoisotopic (exact) mass is 370 g/mol. The van der Waals surface area contributed by atoms with Gasteiger partial charge >= 0.3 is 0 Å². The molecule has 0 aliphatic carbocycles. The zero-order valence-electron chi connectivity index (χ0n) is 13.4. The number of hydrazone groups is 1. The molecule has 0 unspecified atom stereocenters.